The van der Waals surface area contributed by atoms with Crippen molar-refractivity contribution in [3.05, 3.63) is 122 Å². The third-order valence-corrected chi connectivity index (χ3v) is 21.3. The molecule has 0 saturated carbocycles. The van der Waals surface area contributed by atoms with Crippen LogP contribution in [0.5, 0.6) is 0 Å². The number of allylic oxidation sites excluding steroid dienone is 19. The molecule has 3 fully saturated rings. The molecule has 0 aromatic rings. The van der Waals surface area contributed by atoms with E-state index >= 15 is 0 Å². The van der Waals surface area contributed by atoms with Gasteiger partial charge in [0.25, 0.3) is 0 Å². The van der Waals surface area contributed by atoms with Crippen LogP contribution in [0, 0.1) is 0 Å². The van der Waals surface area contributed by atoms with Gasteiger partial charge in [0.15, 0.2) is 18.9 Å². The third kappa shape index (κ3) is 49.1. The molecule has 111 heavy (non-hydrogen) atoms. The van der Waals surface area contributed by atoms with Crippen LogP contribution in [0.25, 0.3) is 0 Å². The highest BCUT2D eigenvalue weighted by atomic mass is 16.8. The van der Waals surface area contributed by atoms with E-state index in [1.807, 2.05) is 6.08 Å². The largest absolute Gasteiger partial charge is 0.394 e. The summed E-state index contributed by atoms with van der Waals surface area (Å²) in [6.45, 7) is 1.65. The first-order valence-corrected chi connectivity index (χ1v) is 44.3. The predicted molar refractivity (Wildman–Crippen MR) is 447 cm³/mol. The van der Waals surface area contributed by atoms with Crippen molar-refractivity contribution >= 4 is 5.91 Å². The van der Waals surface area contributed by atoms with Gasteiger partial charge in [-0.15, -0.1) is 0 Å². The molecule has 0 bridgehead atoms. The van der Waals surface area contributed by atoms with Gasteiger partial charge in [-0.05, 0) is 89.9 Å². The summed E-state index contributed by atoms with van der Waals surface area (Å²) in [5.41, 5.74) is 0. The van der Waals surface area contributed by atoms with E-state index in [9.17, 15) is 61.0 Å². The van der Waals surface area contributed by atoms with Gasteiger partial charge in [-0.1, -0.05) is 347 Å². The van der Waals surface area contributed by atoms with E-state index in [0.29, 0.717) is 6.42 Å². The fourth-order valence-corrected chi connectivity index (χ4v) is 14.2. The van der Waals surface area contributed by atoms with E-state index in [1.54, 1.807) is 6.08 Å². The Morgan fingerprint density at radius 3 is 0.973 bits per heavy atom. The van der Waals surface area contributed by atoms with Crippen molar-refractivity contribution in [1.82, 2.24) is 5.32 Å². The molecule has 0 radical (unpaired) electrons. The molecule has 3 rings (SSSR count). The van der Waals surface area contributed by atoms with Crippen LogP contribution in [0.4, 0.5) is 0 Å². The van der Waals surface area contributed by atoms with E-state index in [2.05, 4.69) is 129 Å². The summed E-state index contributed by atoms with van der Waals surface area (Å²) in [4.78, 5) is 13.5. The van der Waals surface area contributed by atoms with Gasteiger partial charge in [-0.25, -0.2) is 0 Å². The van der Waals surface area contributed by atoms with E-state index in [4.69, 9.17) is 28.4 Å². The fourth-order valence-electron chi connectivity index (χ4n) is 14.2. The Morgan fingerprint density at radius 1 is 0.333 bits per heavy atom. The zero-order chi connectivity index (χ0) is 80.3. The number of carbonyl (C=O) groups is 1. The van der Waals surface area contributed by atoms with Crippen LogP contribution in [0.2, 0.25) is 0 Å². The van der Waals surface area contributed by atoms with Crippen molar-refractivity contribution in [2.24, 2.45) is 0 Å². The van der Waals surface area contributed by atoms with Gasteiger partial charge in [-0.3, -0.25) is 4.79 Å². The highest BCUT2D eigenvalue weighted by molar-refractivity contribution is 5.76. The molecule has 19 heteroatoms. The SMILES string of the molecule is CC/C=C\C/C=C\C/C=C\C/C=C\C/C=C\C/C=C\C/C=C\C/C=C\C/C=C\CCCCCCCCCCCC(=O)NC(COC1OC(CO)C(OC2OC(CO)C(OC3OC(CO)C(O)C(O)C3O)C(O)C2O)C(O)C1O)C(O)/C=C/CCCCCCCCCCCCCCCCCCCCCCCCCCCCC. The monoisotopic (exact) mass is 1570 g/mol. The van der Waals surface area contributed by atoms with Crippen LogP contribution >= 0.6 is 0 Å². The molecule has 0 spiro atoms. The molecule has 0 aliphatic carbocycles. The molecule has 3 heterocycles. The van der Waals surface area contributed by atoms with Gasteiger partial charge in [0.2, 0.25) is 5.91 Å². The Labute approximate surface area is 671 Å². The molecule has 640 valence electrons. The van der Waals surface area contributed by atoms with Gasteiger partial charge in [0.05, 0.1) is 38.6 Å². The Hall–Kier alpha value is -3.81. The van der Waals surface area contributed by atoms with E-state index < -0.39 is 124 Å². The van der Waals surface area contributed by atoms with E-state index in [0.717, 1.165) is 116 Å². The lowest BCUT2D eigenvalue weighted by Crippen LogP contribution is -2.66. The Morgan fingerprint density at radius 2 is 0.622 bits per heavy atom. The number of nitrogens with one attached hydrogen (secondary N) is 1. The second-order valence-electron chi connectivity index (χ2n) is 31.0. The summed E-state index contributed by atoms with van der Waals surface area (Å²) >= 11 is 0. The highest BCUT2D eigenvalue weighted by Crippen LogP contribution is 2.33. The van der Waals surface area contributed by atoms with E-state index in [-0.39, 0.29) is 18.9 Å². The summed E-state index contributed by atoms with van der Waals surface area (Å²) in [5, 5.41) is 121. The van der Waals surface area contributed by atoms with Crippen LogP contribution in [0.1, 0.15) is 322 Å². The Kier molecular flexibility index (Phi) is 64.3. The zero-order valence-corrected chi connectivity index (χ0v) is 68.9. The number of rotatable bonds is 70. The molecule has 3 aliphatic rings. The summed E-state index contributed by atoms with van der Waals surface area (Å²) in [6, 6.07) is -0.987. The predicted octanol–water partition coefficient (Wildman–Crippen LogP) is 16.6. The normalized spacial score (nSPS) is 25.6. The molecular weight excluding hydrogens is 1410 g/mol. The van der Waals surface area contributed by atoms with Gasteiger partial charge < -0.3 is 89.9 Å². The minimum Gasteiger partial charge on any atom is -0.394 e. The van der Waals surface area contributed by atoms with Crippen LogP contribution in [0.15, 0.2) is 122 Å². The standard InChI is InChI=1S/C92H159NO18/c1-3-5-7-9-11-13-15-17-19-21-23-25-27-29-31-33-34-35-36-37-38-39-40-42-44-46-48-50-52-54-56-58-60-62-64-66-68-70-80(98)93-75(76(97)69-67-65-63-61-59-57-55-53-51-49-47-45-43-41-32-30-28-26-24-22-20-18-16-14-12-10-8-6-4-2)74-106-90-86(104)83(101)88(78(72-95)108-90)111-92-87(105)84(102)89(79(73-96)109-92)110-91-85(103)82(100)81(99)77(71-94)107-91/h5,7,11,13,17,19,23,25,29,31,34-35,37-38,40,42,46,48,67,69,75-79,81-92,94-97,99-105H,3-4,6,8-10,12,14-16,18,20-22,24,26-28,30,32-33,36,39,41,43-45,47,49-66,68,70-74H2,1-2H3,(H,93,98)/b7-5-,13-11-,19-17-,25-23-,31-29-,35-34-,38-37-,42-40-,48-46-,69-67+. The molecular formula is C92H159NO18. The van der Waals surface area contributed by atoms with Crippen molar-refractivity contribution < 1.29 is 89.4 Å². The zero-order valence-electron chi connectivity index (χ0n) is 68.9. The first-order chi connectivity index (χ1) is 54.3. The summed E-state index contributed by atoms with van der Waals surface area (Å²) < 4.78 is 34.5. The molecule has 17 unspecified atom stereocenters. The minimum atomic E-state index is -1.99. The van der Waals surface area contributed by atoms with Crippen molar-refractivity contribution in [3.8, 4) is 0 Å². The topological polar surface area (TPSA) is 307 Å². The molecule has 3 aliphatic heterocycles. The van der Waals surface area contributed by atoms with Gasteiger partial charge >= 0.3 is 0 Å². The second-order valence-corrected chi connectivity index (χ2v) is 31.0. The lowest BCUT2D eigenvalue weighted by atomic mass is 9.96. The lowest BCUT2D eigenvalue weighted by Gasteiger charge is -2.48. The average Bonchev–Trinajstić information content (AvgIpc) is 0.779. The fraction of sp³-hybridized carbons (Fsp3) is 0.772. The lowest BCUT2D eigenvalue weighted by molar-refractivity contribution is -0.379. The first-order valence-electron chi connectivity index (χ1n) is 44.3. The minimum absolute atomic E-state index is 0.229. The third-order valence-electron chi connectivity index (χ3n) is 21.3. The molecule has 0 aromatic carbocycles. The van der Waals surface area contributed by atoms with Crippen molar-refractivity contribution in [3.63, 3.8) is 0 Å². The number of carbonyl (C=O) groups excluding carboxylic acids is 1. The van der Waals surface area contributed by atoms with E-state index in [1.165, 1.54) is 180 Å². The summed E-state index contributed by atoms with van der Waals surface area (Å²) in [7, 11) is 0. The van der Waals surface area contributed by atoms with Gasteiger partial charge in [0.1, 0.15) is 73.2 Å². The molecule has 17 atom stereocenters. The number of amides is 1. The maximum absolute atomic E-state index is 13.5. The van der Waals surface area contributed by atoms with Crippen LogP contribution < -0.4 is 5.32 Å². The summed E-state index contributed by atoms with van der Waals surface area (Å²) in [5.74, 6) is -0.283. The maximum atomic E-state index is 13.5. The number of hydrogen-bond acceptors (Lipinski definition) is 18. The van der Waals surface area contributed by atoms with Crippen LogP contribution in [-0.4, -0.2) is 193 Å². The molecule has 1 amide bonds. The molecule has 19 nitrogen and oxygen atoms in total. The average molecular weight is 1570 g/mol. The quantitative estimate of drug-likeness (QED) is 0.0199. The number of aliphatic hydroxyl groups is 11. The number of aliphatic hydroxyl groups excluding tert-OH is 11. The van der Waals surface area contributed by atoms with Gasteiger partial charge in [0, 0.05) is 6.42 Å². The molecule has 0 aromatic heterocycles. The van der Waals surface area contributed by atoms with Gasteiger partial charge in [-0.2, -0.15) is 0 Å². The highest BCUT2D eigenvalue weighted by Gasteiger charge is 2.54. The first kappa shape index (κ1) is 101. The Balaban J connectivity index is 1.35. The Bertz CT molecular complexity index is 2480. The van der Waals surface area contributed by atoms with Crippen molar-refractivity contribution in [2.45, 2.75) is 426 Å². The number of hydrogen-bond donors (Lipinski definition) is 12. The van der Waals surface area contributed by atoms with Crippen molar-refractivity contribution in [2.75, 3.05) is 26.4 Å². The van der Waals surface area contributed by atoms with Crippen molar-refractivity contribution in [1.29, 1.82) is 0 Å². The van der Waals surface area contributed by atoms with Crippen LogP contribution in [-0.2, 0) is 33.2 Å². The smallest absolute Gasteiger partial charge is 0.220 e. The molecule has 12 N–H and O–H groups in total. The summed E-state index contributed by atoms with van der Waals surface area (Å²) in [6.07, 6.45) is 73.3. The van der Waals surface area contributed by atoms with Crippen LogP contribution in [0.3, 0.4) is 0 Å². The number of unbranched alkanes of at least 4 members (excludes halogenated alkanes) is 36. The second kappa shape index (κ2) is 70.4. The number of ether oxygens (including phenoxy) is 6. The molecule has 3 saturated heterocycles. The maximum Gasteiger partial charge on any atom is 0.220 e.